The molecule has 0 unspecified atom stereocenters. The molecule has 1 spiro atoms. The summed E-state index contributed by atoms with van der Waals surface area (Å²) in [5.41, 5.74) is 2.70. The van der Waals surface area contributed by atoms with Crippen LogP contribution in [0.3, 0.4) is 0 Å². The average molecular weight is 684 g/mol. The number of hydrogen-bond donors (Lipinski definition) is 1. The fourth-order valence-corrected chi connectivity index (χ4v) is 7.76. The zero-order valence-corrected chi connectivity index (χ0v) is 25.6. The smallest absolute Gasteiger partial charge is 0.238 e. The Labute approximate surface area is 259 Å². The quantitative estimate of drug-likeness (QED) is 0.225. The number of fused-ring (bicyclic) bond motifs is 6. The monoisotopic (exact) mass is 682 g/mol. The number of carbonyl (C=O) groups excluding carboxylic acids is 3. The molecule has 3 aliphatic heterocycles. The Hall–Kier alpha value is -4.01. The molecule has 4 atom stereocenters. The van der Waals surface area contributed by atoms with Crippen LogP contribution in [0.5, 0.6) is 5.75 Å². The molecule has 1 fully saturated rings. The van der Waals surface area contributed by atoms with Crippen molar-refractivity contribution in [3.05, 3.63) is 134 Å². The van der Waals surface area contributed by atoms with Gasteiger partial charge in [-0.15, -0.1) is 0 Å². The lowest BCUT2D eigenvalue weighted by Crippen LogP contribution is -2.49. The van der Waals surface area contributed by atoms with Crippen molar-refractivity contribution >= 4 is 61.1 Å². The molecular formula is C34H24Br2N2O4. The SMILES string of the molecule is COc1ccc(C(=O)[C@@H]2[C@@H](C(=O)c3ccc(Br)cc3)[C@]3(C(=O)Nc4ccccc43)[C@H]3c4ccccc4C=CN23)cc1Br. The fraction of sp³-hybridized carbons (Fsp3) is 0.147. The normalized spacial score (nSPS) is 23.3. The largest absolute Gasteiger partial charge is 0.496 e. The molecule has 0 saturated carbocycles. The Kier molecular flexibility index (Phi) is 6.44. The molecule has 6 nitrogen and oxygen atoms in total. The number of para-hydroxylation sites is 1. The Morgan fingerprint density at radius 1 is 0.881 bits per heavy atom. The van der Waals surface area contributed by atoms with Gasteiger partial charge in [0.05, 0.1) is 23.5 Å². The molecule has 0 radical (unpaired) electrons. The highest BCUT2D eigenvalue weighted by molar-refractivity contribution is 9.10. The van der Waals surface area contributed by atoms with Gasteiger partial charge < -0.3 is 15.0 Å². The molecule has 4 aromatic rings. The van der Waals surface area contributed by atoms with Crippen molar-refractivity contribution in [1.82, 2.24) is 4.90 Å². The number of anilines is 1. The molecule has 1 amide bonds. The molecule has 4 aromatic carbocycles. The third-order valence-corrected chi connectivity index (χ3v) is 9.83. The number of ketones is 2. The van der Waals surface area contributed by atoms with E-state index in [1.54, 1.807) is 49.6 Å². The number of methoxy groups -OCH3 is 1. The van der Waals surface area contributed by atoms with Gasteiger partial charge >= 0.3 is 0 Å². The van der Waals surface area contributed by atoms with Gasteiger partial charge in [0.2, 0.25) is 5.91 Å². The van der Waals surface area contributed by atoms with Crippen molar-refractivity contribution in [3.63, 3.8) is 0 Å². The minimum Gasteiger partial charge on any atom is -0.496 e. The molecule has 8 heteroatoms. The van der Waals surface area contributed by atoms with E-state index >= 15 is 0 Å². The predicted molar refractivity (Wildman–Crippen MR) is 168 cm³/mol. The Morgan fingerprint density at radius 3 is 2.36 bits per heavy atom. The topological polar surface area (TPSA) is 75.7 Å². The van der Waals surface area contributed by atoms with Gasteiger partial charge in [-0.05, 0) is 75.1 Å². The fourth-order valence-electron chi connectivity index (χ4n) is 6.95. The highest BCUT2D eigenvalue weighted by atomic mass is 79.9. The van der Waals surface area contributed by atoms with Crippen LogP contribution in [-0.4, -0.2) is 35.5 Å². The van der Waals surface area contributed by atoms with E-state index in [2.05, 4.69) is 37.2 Å². The second-order valence-electron chi connectivity index (χ2n) is 10.7. The lowest BCUT2D eigenvalue weighted by atomic mass is 9.62. The minimum atomic E-state index is -1.37. The lowest BCUT2D eigenvalue weighted by molar-refractivity contribution is -0.122. The number of rotatable bonds is 5. The number of halogens is 2. The predicted octanol–water partition coefficient (Wildman–Crippen LogP) is 7.20. The minimum absolute atomic E-state index is 0.253. The lowest BCUT2D eigenvalue weighted by Gasteiger charge is -2.38. The molecular weight excluding hydrogens is 660 g/mol. The molecule has 42 heavy (non-hydrogen) atoms. The summed E-state index contributed by atoms with van der Waals surface area (Å²) in [4.78, 5) is 46.0. The van der Waals surface area contributed by atoms with Crippen LogP contribution < -0.4 is 10.1 Å². The van der Waals surface area contributed by atoms with Crippen LogP contribution in [-0.2, 0) is 10.2 Å². The number of nitrogens with zero attached hydrogens (tertiary/aromatic N) is 1. The van der Waals surface area contributed by atoms with Crippen LogP contribution in [0.25, 0.3) is 6.08 Å². The Morgan fingerprint density at radius 2 is 1.60 bits per heavy atom. The number of Topliss-reactive ketones (excluding diaryl/α,β-unsaturated/α-hetero) is 2. The Balaban J connectivity index is 1.52. The van der Waals surface area contributed by atoms with E-state index in [-0.39, 0.29) is 17.5 Å². The summed E-state index contributed by atoms with van der Waals surface area (Å²) < 4.78 is 6.85. The maximum atomic E-state index is 14.8. The van der Waals surface area contributed by atoms with Crippen LogP contribution in [0.2, 0.25) is 0 Å². The van der Waals surface area contributed by atoms with E-state index in [1.165, 1.54) is 0 Å². The maximum Gasteiger partial charge on any atom is 0.238 e. The molecule has 7 rings (SSSR count). The maximum absolute atomic E-state index is 14.8. The summed E-state index contributed by atoms with van der Waals surface area (Å²) in [5, 5.41) is 3.08. The van der Waals surface area contributed by atoms with E-state index in [0.29, 0.717) is 27.0 Å². The number of benzene rings is 4. The zero-order valence-electron chi connectivity index (χ0n) is 22.4. The van der Waals surface area contributed by atoms with Crippen molar-refractivity contribution in [3.8, 4) is 5.75 Å². The zero-order chi connectivity index (χ0) is 29.2. The second-order valence-corrected chi connectivity index (χ2v) is 12.4. The van der Waals surface area contributed by atoms with Crippen molar-refractivity contribution in [2.45, 2.75) is 17.5 Å². The molecule has 3 heterocycles. The van der Waals surface area contributed by atoms with Crippen molar-refractivity contribution in [2.24, 2.45) is 5.92 Å². The number of nitrogens with one attached hydrogen (secondary N) is 1. The van der Waals surface area contributed by atoms with E-state index in [4.69, 9.17) is 4.74 Å². The van der Waals surface area contributed by atoms with Crippen molar-refractivity contribution in [1.29, 1.82) is 0 Å². The summed E-state index contributed by atoms with van der Waals surface area (Å²) in [6, 6.07) is 26.1. The van der Waals surface area contributed by atoms with Gasteiger partial charge in [0.1, 0.15) is 17.2 Å². The Bertz CT molecular complexity index is 1820. The van der Waals surface area contributed by atoms with E-state index in [9.17, 15) is 14.4 Å². The van der Waals surface area contributed by atoms with Gasteiger partial charge in [-0.3, -0.25) is 14.4 Å². The molecule has 0 aromatic heterocycles. The van der Waals surface area contributed by atoms with Crippen LogP contribution in [0, 0.1) is 5.92 Å². The highest BCUT2D eigenvalue weighted by Gasteiger charge is 2.70. The van der Waals surface area contributed by atoms with Gasteiger partial charge in [0.15, 0.2) is 11.6 Å². The van der Waals surface area contributed by atoms with Gasteiger partial charge in [0, 0.05) is 27.5 Å². The number of amides is 1. The highest BCUT2D eigenvalue weighted by Crippen LogP contribution is 2.62. The van der Waals surface area contributed by atoms with Gasteiger partial charge in [-0.25, -0.2) is 0 Å². The first-order valence-electron chi connectivity index (χ1n) is 13.5. The molecule has 0 bridgehead atoms. The first-order valence-corrected chi connectivity index (χ1v) is 15.1. The van der Waals surface area contributed by atoms with Crippen LogP contribution >= 0.6 is 31.9 Å². The van der Waals surface area contributed by atoms with Crippen LogP contribution in [0.4, 0.5) is 5.69 Å². The first-order chi connectivity index (χ1) is 20.4. The summed E-state index contributed by atoms with van der Waals surface area (Å²) >= 11 is 6.97. The third-order valence-electron chi connectivity index (χ3n) is 8.69. The van der Waals surface area contributed by atoms with E-state index in [1.807, 2.05) is 65.7 Å². The van der Waals surface area contributed by atoms with E-state index in [0.717, 1.165) is 21.2 Å². The molecule has 1 N–H and O–H groups in total. The third kappa shape index (κ3) is 3.78. The van der Waals surface area contributed by atoms with E-state index < -0.39 is 23.4 Å². The standard InChI is InChI=1S/C34H24Br2N2O4/c1-42-27-15-12-21(18-25(27)36)31(40)29-28(30(39)20-10-13-22(35)14-11-20)34(24-8-4-5-9-26(24)37-33(34)41)32-23-7-3-2-6-19(23)16-17-38(29)32/h2-18,28-29,32H,1H3,(H,37,41)/t28-,29-,32+,34-/m0/s1. The molecule has 3 aliphatic rings. The summed E-state index contributed by atoms with van der Waals surface area (Å²) in [6.45, 7) is 0. The van der Waals surface area contributed by atoms with Crippen LogP contribution in [0.1, 0.15) is 43.4 Å². The number of ether oxygens (including phenoxy) is 1. The van der Waals surface area contributed by atoms with Crippen LogP contribution in [0.15, 0.2) is 106 Å². The van der Waals surface area contributed by atoms with Gasteiger partial charge in [0.25, 0.3) is 0 Å². The number of carbonyl (C=O) groups is 3. The second kappa shape index (κ2) is 10.1. The number of hydrogen-bond acceptors (Lipinski definition) is 5. The average Bonchev–Trinajstić information content (AvgIpc) is 3.49. The first kappa shape index (κ1) is 26.9. The molecule has 1 saturated heterocycles. The van der Waals surface area contributed by atoms with Crippen molar-refractivity contribution < 1.29 is 19.1 Å². The van der Waals surface area contributed by atoms with Crippen molar-refractivity contribution in [2.75, 3.05) is 12.4 Å². The summed E-state index contributed by atoms with van der Waals surface area (Å²) in [6.07, 6.45) is 3.83. The molecule has 208 valence electrons. The van der Waals surface area contributed by atoms with Gasteiger partial charge in [-0.1, -0.05) is 70.5 Å². The molecule has 0 aliphatic carbocycles. The summed E-state index contributed by atoms with van der Waals surface area (Å²) in [7, 11) is 1.56. The van der Waals surface area contributed by atoms with Gasteiger partial charge in [-0.2, -0.15) is 0 Å². The summed E-state index contributed by atoms with van der Waals surface area (Å²) in [5.74, 6) is -1.25.